The summed E-state index contributed by atoms with van der Waals surface area (Å²) in [6, 6.07) is 0. The number of carbonyl (C=O) groups is 2. The lowest BCUT2D eigenvalue weighted by Gasteiger charge is -2.35. The third-order valence-corrected chi connectivity index (χ3v) is 2.67. The average molecular weight is 294 g/mol. The number of esters is 1. The summed E-state index contributed by atoms with van der Waals surface area (Å²) in [6.07, 6.45) is 2.85. The van der Waals surface area contributed by atoms with E-state index in [0.717, 1.165) is 5.57 Å². The molecular weight excluding hydrogens is 276 g/mol. The maximum absolute atomic E-state index is 11.8. The highest BCUT2D eigenvalue weighted by Gasteiger charge is 2.29. The first kappa shape index (κ1) is 15.1. The summed E-state index contributed by atoms with van der Waals surface area (Å²) >= 11 is 0. The number of ether oxygens (including phenoxy) is 2. The van der Waals surface area contributed by atoms with Crippen LogP contribution in [0.4, 0.5) is 4.79 Å². The van der Waals surface area contributed by atoms with Crippen LogP contribution in [0.1, 0.15) is 37.2 Å². The Morgan fingerprint density at radius 1 is 1.38 bits per heavy atom. The van der Waals surface area contributed by atoms with E-state index in [1.54, 1.807) is 11.0 Å². The Hall–Kier alpha value is -2.31. The van der Waals surface area contributed by atoms with E-state index in [9.17, 15) is 9.59 Å². The molecule has 21 heavy (non-hydrogen) atoms. The van der Waals surface area contributed by atoms with Crippen LogP contribution in [0.3, 0.4) is 0 Å². The molecule has 0 aromatic carbocycles. The second-order valence-electron chi connectivity index (χ2n) is 5.70. The molecule has 0 saturated carbocycles. The van der Waals surface area contributed by atoms with Crippen LogP contribution in [0.15, 0.2) is 16.2 Å². The lowest BCUT2D eigenvalue weighted by Crippen LogP contribution is -2.46. The summed E-state index contributed by atoms with van der Waals surface area (Å²) in [5.41, 5.74) is 0.491. The van der Waals surface area contributed by atoms with Gasteiger partial charge in [0.05, 0.1) is 13.3 Å². The topological polar surface area (TPSA) is 81.9 Å². The minimum atomic E-state index is -0.622. The van der Waals surface area contributed by atoms with Crippen molar-refractivity contribution in [3.8, 4) is 0 Å². The van der Waals surface area contributed by atoms with E-state index >= 15 is 0 Å². The monoisotopic (exact) mass is 294 g/mol. The quantitative estimate of drug-likeness (QED) is 0.777. The molecule has 0 bridgehead atoms. The zero-order chi connectivity index (χ0) is 15.6. The Morgan fingerprint density at radius 3 is 2.62 bits per heavy atom. The number of nitrogens with zero attached hydrogens (tertiary/aromatic N) is 2. The largest absolute Gasteiger partial charge is 0.462 e. The molecule has 7 heteroatoms. The van der Waals surface area contributed by atoms with E-state index < -0.39 is 11.6 Å². The van der Waals surface area contributed by atoms with Crippen molar-refractivity contribution in [1.82, 2.24) is 9.88 Å². The number of aromatic nitrogens is 1. The zero-order valence-electron chi connectivity index (χ0n) is 12.5. The third kappa shape index (κ3) is 3.84. The van der Waals surface area contributed by atoms with Gasteiger partial charge in [-0.05, 0) is 32.4 Å². The molecule has 0 N–H and O–H groups in total. The van der Waals surface area contributed by atoms with Crippen LogP contribution in [0.2, 0.25) is 0 Å². The van der Waals surface area contributed by atoms with Crippen molar-refractivity contribution in [1.29, 1.82) is 0 Å². The second kappa shape index (κ2) is 5.59. The second-order valence-corrected chi connectivity index (χ2v) is 5.70. The van der Waals surface area contributed by atoms with E-state index in [0.29, 0.717) is 18.8 Å². The first-order valence-corrected chi connectivity index (χ1v) is 6.50. The molecule has 2 heterocycles. The van der Waals surface area contributed by atoms with Crippen LogP contribution >= 0.6 is 0 Å². The van der Waals surface area contributed by atoms with Gasteiger partial charge in [-0.3, -0.25) is 0 Å². The lowest BCUT2D eigenvalue weighted by atomic mass is 10.1. The summed E-state index contributed by atoms with van der Waals surface area (Å²) in [5.74, 6) is -0.259. The summed E-state index contributed by atoms with van der Waals surface area (Å²) in [4.78, 5) is 28.3. The van der Waals surface area contributed by atoms with Gasteiger partial charge in [-0.25, -0.2) is 14.6 Å². The van der Waals surface area contributed by atoms with Crippen molar-refractivity contribution in [2.45, 2.75) is 26.4 Å². The molecule has 1 aliphatic rings. The minimum Gasteiger partial charge on any atom is -0.462 e. The molecule has 114 valence electrons. The van der Waals surface area contributed by atoms with Crippen molar-refractivity contribution in [3.63, 3.8) is 0 Å². The van der Waals surface area contributed by atoms with E-state index in [2.05, 4.69) is 9.72 Å². The van der Waals surface area contributed by atoms with Gasteiger partial charge in [-0.15, -0.1) is 0 Å². The third-order valence-electron chi connectivity index (χ3n) is 2.67. The molecule has 2 rings (SSSR count). The molecule has 7 nitrogen and oxygen atoms in total. The predicted molar refractivity (Wildman–Crippen MR) is 73.6 cm³/mol. The van der Waals surface area contributed by atoms with Crippen molar-refractivity contribution in [2.75, 3.05) is 20.2 Å². The van der Waals surface area contributed by atoms with Crippen LogP contribution in [0, 0.1) is 0 Å². The fourth-order valence-corrected chi connectivity index (χ4v) is 1.73. The number of oxazole rings is 1. The minimum absolute atomic E-state index is 0.0901. The highest BCUT2D eigenvalue weighted by Crippen LogP contribution is 2.21. The Labute approximate surface area is 122 Å². The van der Waals surface area contributed by atoms with Crippen LogP contribution in [-0.2, 0) is 9.47 Å². The van der Waals surface area contributed by atoms with E-state index in [1.807, 2.05) is 20.8 Å². The maximum Gasteiger partial charge on any atom is 0.410 e. The number of rotatable bonds is 2. The van der Waals surface area contributed by atoms with Crippen molar-refractivity contribution in [3.05, 3.63) is 23.4 Å². The van der Waals surface area contributed by atoms with E-state index in [-0.39, 0.29) is 12.0 Å². The predicted octanol–water partition coefficient (Wildman–Crippen LogP) is 2.10. The number of likely N-dealkylation sites (tertiary alicyclic amines) is 1. The summed E-state index contributed by atoms with van der Waals surface area (Å²) in [7, 11) is 1.26. The van der Waals surface area contributed by atoms with Gasteiger partial charge in [0.1, 0.15) is 11.4 Å². The molecule has 1 fully saturated rings. The molecule has 0 atom stereocenters. The van der Waals surface area contributed by atoms with Gasteiger partial charge in [0.25, 0.3) is 0 Å². The molecule has 1 amide bonds. The number of methoxy groups -OCH3 is 1. The van der Waals surface area contributed by atoms with Crippen LogP contribution in [0.25, 0.3) is 6.08 Å². The number of hydrogen-bond donors (Lipinski definition) is 0. The van der Waals surface area contributed by atoms with Crippen molar-refractivity contribution in [2.24, 2.45) is 0 Å². The molecule has 1 aromatic rings. The summed E-state index contributed by atoms with van der Waals surface area (Å²) < 4.78 is 15.0. The van der Waals surface area contributed by atoms with Gasteiger partial charge in [0, 0.05) is 13.1 Å². The van der Waals surface area contributed by atoms with E-state index in [1.165, 1.54) is 13.3 Å². The highest BCUT2D eigenvalue weighted by molar-refractivity contribution is 5.84. The SMILES string of the molecule is COC(=O)c1ncc(C=C2CN(C(=O)OC(C)(C)C)C2)o1. The van der Waals surface area contributed by atoms with Gasteiger partial charge in [-0.2, -0.15) is 0 Å². The standard InChI is InChI=1S/C14H18N2O5/c1-14(2,3)21-13(18)16-7-9(8-16)5-10-6-15-11(20-10)12(17)19-4/h5-6H,7-8H2,1-4H3. The van der Waals surface area contributed by atoms with Gasteiger partial charge in [-0.1, -0.05) is 0 Å². The Balaban J connectivity index is 1.90. The Kier molecular flexibility index (Phi) is 4.02. The highest BCUT2D eigenvalue weighted by atomic mass is 16.6. The first-order chi connectivity index (χ1) is 9.78. The average Bonchev–Trinajstić information content (AvgIpc) is 2.78. The maximum atomic E-state index is 11.8. The van der Waals surface area contributed by atoms with Gasteiger partial charge < -0.3 is 18.8 Å². The lowest BCUT2D eigenvalue weighted by molar-refractivity contribution is 0.0216. The zero-order valence-corrected chi connectivity index (χ0v) is 12.5. The smallest absolute Gasteiger partial charge is 0.410 e. The molecule has 1 aromatic heterocycles. The summed E-state index contributed by atoms with van der Waals surface area (Å²) in [5, 5.41) is 0. The molecule has 0 unspecified atom stereocenters. The van der Waals surface area contributed by atoms with Gasteiger partial charge >= 0.3 is 18.0 Å². The molecule has 1 saturated heterocycles. The Morgan fingerprint density at radius 2 is 2.05 bits per heavy atom. The van der Waals surface area contributed by atoms with Crippen LogP contribution < -0.4 is 0 Å². The molecular formula is C14H18N2O5. The van der Waals surface area contributed by atoms with Gasteiger partial charge in [0.2, 0.25) is 0 Å². The molecule has 0 aliphatic carbocycles. The fraction of sp³-hybridized carbons (Fsp3) is 0.500. The first-order valence-electron chi connectivity index (χ1n) is 6.50. The van der Waals surface area contributed by atoms with Crippen molar-refractivity contribution < 1.29 is 23.5 Å². The molecule has 1 aliphatic heterocycles. The molecule has 0 radical (unpaired) electrons. The molecule has 0 spiro atoms. The normalized spacial score (nSPS) is 14.5. The van der Waals surface area contributed by atoms with E-state index in [4.69, 9.17) is 9.15 Å². The van der Waals surface area contributed by atoms with Crippen molar-refractivity contribution >= 4 is 18.1 Å². The number of amides is 1. The van der Waals surface area contributed by atoms with Crippen LogP contribution in [-0.4, -0.2) is 47.7 Å². The number of carbonyl (C=O) groups excluding carboxylic acids is 2. The van der Waals surface area contributed by atoms with Gasteiger partial charge in [0.15, 0.2) is 0 Å². The Bertz CT molecular complexity index is 574. The van der Waals surface area contributed by atoms with Crippen LogP contribution in [0.5, 0.6) is 0 Å². The number of hydrogen-bond acceptors (Lipinski definition) is 6. The fourth-order valence-electron chi connectivity index (χ4n) is 1.73. The summed E-state index contributed by atoms with van der Waals surface area (Å²) in [6.45, 7) is 6.42.